The van der Waals surface area contributed by atoms with Crippen LogP contribution in [0.3, 0.4) is 0 Å². The maximum Gasteiger partial charge on any atom is 0.222 e. The molecule has 0 fully saturated rings. The van der Waals surface area contributed by atoms with Gasteiger partial charge in [-0.2, -0.15) is 0 Å². The highest BCUT2D eigenvalue weighted by Gasteiger charge is 2.12. The van der Waals surface area contributed by atoms with E-state index in [2.05, 4.69) is 49.9 Å². The number of carbonyl (C=O) groups excluding carboxylic acids is 1. The predicted molar refractivity (Wildman–Crippen MR) is 157 cm³/mol. The Hall–Kier alpha value is -0.830. The molecule has 208 valence electrons. The molecular weight excluding hydrogens is 428 g/mol. The molecule has 0 aliphatic carbocycles. The molecule has 0 atom stereocenters. The molecule has 0 N–H and O–H groups in total. The van der Waals surface area contributed by atoms with Gasteiger partial charge in [0, 0.05) is 19.5 Å². The lowest BCUT2D eigenvalue weighted by Crippen LogP contribution is -2.33. The minimum Gasteiger partial charge on any atom is -0.343 e. The van der Waals surface area contributed by atoms with Crippen molar-refractivity contribution in [3.63, 3.8) is 0 Å². The maximum atomic E-state index is 12.8. The third kappa shape index (κ3) is 26.1. The van der Waals surface area contributed by atoms with Crippen LogP contribution in [0.15, 0.2) is 12.2 Å². The largest absolute Gasteiger partial charge is 0.343 e. The van der Waals surface area contributed by atoms with Crippen molar-refractivity contribution in [2.24, 2.45) is 0 Å². The number of unbranched alkanes of at least 4 members (excludes halogenated alkanes) is 17. The summed E-state index contributed by atoms with van der Waals surface area (Å²) in [6, 6.07) is 0. The molecule has 0 aliphatic rings. The summed E-state index contributed by atoms with van der Waals surface area (Å²) in [5.41, 5.74) is 0. The van der Waals surface area contributed by atoms with Gasteiger partial charge in [-0.1, -0.05) is 116 Å². The average Bonchev–Trinajstić information content (AvgIpc) is 2.84. The summed E-state index contributed by atoms with van der Waals surface area (Å²) in [6.07, 6.45) is 33.0. The smallest absolute Gasteiger partial charge is 0.222 e. The van der Waals surface area contributed by atoms with Crippen LogP contribution in [0.4, 0.5) is 0 Å². The van der Waals surface area contributed by atoms with E-state index in [9.17, 15) is 4.79 Å². The van der Waals surface area contributed by atoms with Gasteiger partial charge in [-0.3, -0.25) is 4.79 Å². The maximum absolute atomic E-state index is 12.8. The second kappa shape index (κ2) is 27.8. The fourth-order valence-electron chi connectivity index (χ4n) is 4.70. The lowest BCUT2D eigenvalue weighted by molar-refractivity contribution is -0.131. The van der Waals surface area contributed by atoms with E-state index in [-0.39, 0.29) is 0 Å². The van der Waals surface area contributed by atoms with E-state index in [1.807, 2.05) is 0 Å². The fourth-order valence-corrected chi connectivity index (χ4v) is 4.70. The van der Waals surface area contributed by atoms with E-state index in [1.165, 1.54) is 128 Å². The van der Waals surface area contributed by atoms with Gasteiger partial charge < -0.3 is 9.80 Å². The van der Waals surface area contributed by atoms with Crippen molar-refractivity contribution < 1.29 is 4.79 Å². The third-order valence-electron chi connectivity index (χ3n) is 7.07. The summed E-state index contributed by atoms with van der Waals surface area (Å²) in [5.74, 6) is 0.383. The molecule has 3 heteroatoms. The van der Waals surface area contributed by atoms with Gasteiger partial charge in [0.1, 0.15) is 0 Å². The van der Waals surface area contributed by atoms with E-state index in [0.29, 0.717) is 12.3 Å². The molecular formula is C32H64N2O. The van der Waals surface area contributed by atoms with Gasteiger partial charge in [0.05, 0.1) is 0 Å². The molecule has 35 heavy (non-hydrogen) atoms. The highest BCUT2D eigenvalue weighted by Crippen LogP contribution is 2.12. The monoisotopic (exact) mass is 493 g/mol. The minimum atomic E-state index is 0.383. The van der Waals surface area contributed by atoms with Crippen molar-refractivity contribution in [1.29, 1.82) is 0 Å². The van der Waals surface area contributed by atoms with Crippen LogP contribution >= 0.6 is 0 Å². The second-order valence-corrected chi connectivity index (χ2v) is 11.0. The Morgan fingerprint density at radius 1 is 0.514 bits per heavy atom. The van der Waals surface area contributed by atoms with Crippen molar-refractivity contribution >= 4 is 5.91 Å². The molecule has 0 radical (unpaired) electrons. The van der Waals surface area contributed by atoms with Crippen LogP contribution in [0, 0.1) is 0 Å². The van der Waals surface area contributed by atoms with Gasteiger partial charge in [0.2, 0.25) is 5.91 Å². The van der Waals surface area contributed by atoms with Gasteiger partial charge in [0.15, 0.2) is 0 Å². The summed E-state index contributed by atoms with van der Waals surface area (Å²) in [6.45, 7) is 7.49. The second-order valence-electron chi connectivity index (χ2n) is 11.0. The quantitative estimate of drug-likeness (QED) is 0.0841. The number of hydrogen-bond donors (Lipinski definition) is 0. The van der Waals surface area contributed by atoms with Crippen LogP contribution in [0.5, 0.6) is 0 Å². The van der Waals surface area contributed by atoms with Crippen LogP contribution in [-0.4, -0.2) is 49.4 Å². The van der Waals surface area contributed by atoms with Gasteiger partial charge in [-0.05, 0) is 65.6 Å². The first kappa shape index (κ1) is 34.2. The number of carbonyl (C=O) groups is 1. The number of hydrogen-bond acceptors (Lipinski definition) is 2. The van der Waals surface area contributed by atoms with Gasteiger partial charge in [0.25, 0.3) is 0 Å². The molecule has 0 spiro atoms. The normalized spacial score (nSPS) is 11.7. The standard InChI is InChI=1S/C32H64N2O/c1-5-7-9-11-13-14-15-16-17-18-19-20-21-22-24-26-31-34(30-25-23-12-10-8-6-2)32(35)28-27-29-33(3)4/h16-17H,5-15,18-31H2,1-4H3/b17-16+. The Balaban J connectivity index is 3.84. The van der Waals surface area contributed by atoms with Gasteiger partial charge >= 0.3 is 0 Å². The van der Waals surface area contributed by atoms with Crippen LogP contribution in [0.1, 0.15) is 155 Å². The molecule has 0 saturated heterocycles. The van der Waals surface area contributed by atoms with E-state index in [0.717, 1.165) is 26.1 Å². The van der Waals surface area contributed by atoms with Gasteiger partial charge in [-0.15, -0.1) is 0 Å². The zero-order valence-electron chi connectivity index (χ0n) is 24.6. The minimum absolute atomic E-state index is 0.383. The van der Waals surface area contributed by atoms with E-state index in [1.54, 1.807) is 0 Å². The molecule has 0 rings (SSSR count). The molecule has 0 aliphatic heterocycles. The van der Waals surface area contributed by atoms with Crippen LogP contribution < -0.4 is 0 Å². The summed E-state index contributed by atoms with van der Waals surface area (Å²) in [7, 11) is 4.18. The lowest BCUT2D eigenvalue weighted by atomic mass is 10.1. The average molecular weight is 493 g/mol. The summed E-state index contributed by atoms with van der Waals surface area (Å²) >= 11 is 0. The Bertz CT molecular complexity index is 460. The van der Waals surface area contributed by atoms with Crippen molar-refractivity contribution in [1.82, 2.24) is 9.80 Å². The Morgan fingerprint density at radius 2 is 0.914 bits per heavy atom. The molecule has 0 aromatic carbocycles. The van der Waals surface area contributed by atoms with Crippen molar-refractivity contribution in [3.05, 3.63) is 12.2 Å². The highest BCUT2D eigenvalue weighted by atomic mass is 16.2. The fraction of sp³-hybridized carbons (Fsp3) is 0.906. The lowest BCUT2D eigenvalue weighted by Gasteiger charge is -2.23. The first-order valence-electron chi connectivity index (χ1n) is 15.7. The third-order valence-corrected chi connectivity index (χ3v) is 7.07. The Kier molecular flexibility index (Phi) is 27.1. The van der Waals surface area contributed by atoms with Crippen molar-refractivity contribution in [3.8, 4) is 0 Å². The topological polar surface area (TPSA) is 23.6 Å². The van der Waals surface area contributed by atoms with E-state index in [4.69, 9.17) is 0 Å². The zero-order chi connectivity index (χ0) is 25.8. The molecule has 3 nitrogen and oxygen atoms in total. The number of allylic oxidation sites excluding steroid dienone is 2. The molecule has 0 saturated carbocycles. The van der Waals surface area contributed by atoms with Crippen LogP contribution in [0.2, 0.25) is 0 Å². The summed E-state index contributed by atoms with van der Waals surface area (Å²) in [5, 5.41) is 0. The number of rotatable bonds is 27. The first-order valence-corrected chi connectivity index (χ1v) is 15.7. The van der Waals surface area contributed by atoms with E-state index >= 15 is 0 Å². The molecule has 0 aromatic rings. The van der Waals surface area contributed by atoms with Crippen LogP contribution in [-0.2, 0) is 4.79 Å². The summed E-state index contributed by atoms with van der Waals surface area (Å²) < 4.78 is 0. The van der Waals surface area contributed by atoms with Gasteiger partial charge in [-0.25, -0.2) is 0 Å². The predicted octanol–water partition coefficient (Wildman–Crippen LogP) is 9.55. The highest BCUT2D eigenvalue weighted by molar-refractivity contribution is 5.76. The molecule has 0 unspecified atom stereocenters. The number of nitrogens with zero attached hydrogens (tertiary/aromatic N) is 2. The Morgan fingerprint density at radius 3 is 1.34 bits per heavy atom. The summed E-state index contributed by atoms with van der Waals surface area (Å²) in [4.78, 5) is 17.1. The molecule has 0 bridgehead atoms. The van der Waals surface area contributed by atoms with Crippen LogP contribution in [0.25, 0.3) is 0 Å². The van der Waals surface area contributed by atoms with E-state index < -0.39 is 0 Å². The Labute approximate surface area is 221 Å². The van der Waals surface area contributed by atoms with Crippen molar-refractivity contribution in [2.45, 2.75) is 155 Å². The molecule has 0 aromatic heterocycles. The SMILES string of the molecule is CCCCCCCC/C=C/CCCCCCCCN(CCCCCCCC)C(=O)CCCN(C)C. The zero-order valence-corrected chi connectivity index (χ0v) is 24.6. The first-order chi connectivity index (χ1) is 17.1. The molecule has 0 heterocycles. The molecule has 1 amide bonds. The van der Waals surface area contributed by atoms with Crippen molar-refractivity contribution in [2.75, 3.05) is 33.7 Å². The number of amides is 1.